The van der Waals surface area contributed by atoms with Gasteiger partial charge in [0.15, 0.2) is 0 Å². The number of nitrogens with one attached hydrogen (secondary N) is 1. The molecule has 1 atom stereocenters. The highest BCUT2D eigenvalue weighted by atomic mass is 79.9. The van der Waals surface area contributed by atoms with Crippen molar-refractivity contribution < 1.29 is 0 Å². The number of hydrogen-bond donors (Lipinski definition) is 1. The fraction of sp³-hybridized carbons (Fsp3) is 0.500. The second kappa shape index (κ2) is 8.34. The number of benzene rings is 1. The van der Waals surface area contributed by atoms with Crippen molar-refractivity contribution in [2.24, 2.45) is 0 Å². The molecule has 0 saturated carbocycles. The highest BCUT2D eigenvalue weighted by Crippen LogP contribution is 2.27. The Morgan fingerprint density at radius 3 is 2.89 bits per heavy atom. The molecule has 0 aliphatic rings. The van der Waals surface area contributed by atoms with Crippen molar-refractivity contribution in [1.82, 2.24) is 5.32 Å². The Bertz CT molecular complexity index is 406. The van der Waals surface area contributed by atoms with Crippen LogP contribution in [0, 0.1) is 19.3 Å². The van der Waals surface area contributed by atoms with Gasteiger partial charge in [0.25, 0.3) is 0 Å². The summed E-state index contributed by atoms with van der Waals surface area (Å²) in [6.45, 7) is 5.41. The molecule has 1 nitrogen and oxygen atoms in total. The van der Waals surface area contributed by atoms with E-state index in [1.807, 2.05) is 0 Å². The molecule has 0 heterocycles. The van der Waals surface area contributed by atoms with Crippen LogP contribution in [0.25, 0.3) is 0 Å². The Hall–Kier alpha value is -0.780. The Kier molecular flexibility index (Phi) is 7.08. The molecule has 2 heteroatoms. The lowest BCUT2D eigenvalue weighted by Gasteiger charge is -2.21. The first-order valence-corrected chi connectivity index (χ1v) is 7.41. The lowest BCUT2D eigenvalue weighted by atomic mass is 9.97. The van der Waals surface area contributed by atoms with E-state index in [9.17, 15) is 0 Å². The first-order valence-electron chi connectivity index (χ1n) is 6.62. The van der Waals surface area contributed by atoms with Gasteiger partial charge in [0.05, 0.1) is 0 Å². The monoisotopic (exact) mass is 307 g/mol. The van der Waals surface area contributed by atoms with Crippen LogP contribution >= 0.6 is 15.9 Å². The smallest absolute Gasteiger partial charge is 0.0323 e. The molecule has 0 bridgehead atoms. The van der Waals surface area contributed by atoms with Gasteiger partial charge in [-0.3, -0.25) is 0 Å². The first kappa shape index (κ1) is 15.3. The molecule has 0 amide bonds. The summed E-state index contributed by atoms with van der Waals surface area (Å²) in [7, 11) is 0. The summed E-state index contributed by atoms with van der Waals surface area (Å²) in [5.74, 6) is 2.72. The van der Waals surface area contributed by atoms with Crippen molar-refractivity contribution in [2.45, 2.75) is 45.6 Å². The molecule has 1 aromatic rings. The summed E-state index contributed by atoms with van der Waals surface area (Å²) in [5.41, 5.74) is 2.71. The van der Waals surface area contributed by atoms with Gasteiger partial charge >= 0.3 is 0 Å². The molecule has 0 aliphatic carbocycles. The quantitative estimate of drug-likeness (QED) is 0.573. The predicted molar refractivity (Wildman–Crippen MR) is 82.6 cm³/mol. The van der Waals surface area contributed by atoms with Crippen LogP contribution in [0.2, 0.25) is 0 Å². The summed E-state index contributed by atoms with van der Waals surface area (Å²) in [6.07, 6.45) is 9.51. The number of unbranched alkanes of at least 4 members (excludes halogenated alkanes) is 1. The average molecular weight is 308 g/mol. The maximum Gasteiger partial charge on any atom is 0.0323 e. The maximum absolute atomic E-state index is 5.33. The normalized spacial score (nSPS) is 12.1. The van der Waals surface area contributed by atoms with Crippen LogP contribution in [0.4, 0.5) is 0 Å². The van der Waals surface area contributed by atoms with Crippen LogP contribution in [0.5, 0.6) is 0 Å². The molecule has 0 aliphatic heterocycles. The Morgan fingerprint density at radius 1 is 1.44 bits per heavy atom. The van der Waals surface area contributed by atoms with Gasteiger partial charge in [-0.15, -0.1) is 12.3 Å². The molecule has 1 N–H and O–H groups in total. The van der Waals surface area contributed by atoms with Crippen molar-refractivity contribution in [1.29, 1.82) is 0 Å². The zero-order valence-corrected chi connectivity index (χ0v) is 12.9. The van der Waals surface area contributed by atoms with Crippen molar-refractivity contribution in [3.05, 3.63) is 33.8 Å². The van der Waals surface area contributed by atoms with Gasteiger partial charge in [-0.25, -0.2) is 0 Å². The maximum atomic E-state index is 5.33. The molecule has 0 saturated heterocycles. The van der Waals surface area contributed by atoms with Gasteiger partial charge in [0, 0.05) is 16.9 Å². The van der Waals surface area contributed by atoms with Crippen LogP contribution < -0.4 is 5.32 Å². The largest absolute Gasteiger partial charge is 0.310 e. The van der Waals surface area contributed by atoms with Gasteiger partial charge in [-0.05, 0) is 49.9 Å². The van der Waals surface area contributed by atoms with Crippen LogP contribution in [0.15, 0.2) is 22.7 Å². The summed E-state index contributed by atoms with van der Waals surface area (Å²) in [4.78, 5) is 0. The molecule has 18 heavy (non-hydrogen) atoms. The van der Waals surface area contributed by atoms with Crippen LogP contribution in [-0.4, -0.2) is 6.54 Å². The van der Waals surface area contributed by atoms with Crippen molar-refractivity contribution in [3.63, 3.8) is 0 Å². The highest BCUT2D eigenvalue weighted by Gasteiger charge is 2.13. The Labute approximate surface area is 119 Å². The fourth-order valence-corrected chi connectivity index (χ4v) is 2.48. The number of rotatable bonds is 7. The summed E-state index contributed by atoms with van der Waals surface area (Å²) in [5, 5.41) is 3.62. The van der Waals surface area contributed by atoms with Gasteiger partial charge in [0.2, 0.25) is 0 Å². The molecule has 0 spiro atoms. The topological polar surface area (TPSA) is 12.0 Å². The van der Waals surface area contributed by atoms with Crippen LogP contribution in [0.1, 0.15) is 49.8 Å². The predicted octanol–water partition coefficient (Wildman–Crippen LogP) is 4.60. The van der Waals surface area contributed by atoms with E-state index in [1.165, 1.54) is 15.6 Å². The van der Waals surface area contributed by atoms with E-state index in [-0.39, 0.29) is 0 Å². The minimum absolute atomic E-state index is 0.413. The summed E-state index contributed by atoms with van der Waals surface area (Å²) < 4.78 is 1.18. The fourth-order valence-electron chi connectivity index (χ4n) is 2.10. The van der Waals surface area contributed by atoms with E-state index in [0.29, 0.717) is 6.04 Å². The molecule has 1 aromatic carbocycles. The molecule has 1 rings (SSSR count). The number of halogens is 1. The third kappa shape index (κ3) is 4.48. The van der Waals surface area contributed by atoms with Crippen molar-refractivity contribution in [3.8, 4) is 12.3 Å². The molecule has 1 unspecified atom stereocenters. The van der Waals surface area contributed by atoms with Crippen LogP contribution in [-0.2, 0) is 0 Å². The number of hydrogen-bond acceptors (Lipinski definition) is 1. The van der Waals surface area contributed by atoms with Gasteiger partial charge in [-0.1, -0.05) is 35.0 Å². The minimum atomic E-state index is 0.413. The zero-order chi connectivity index (χ0) is 13.4. The standard InChI is InChI=1S/C16H22BrN/c1-4-6-7-11-16(18-12-5-2)14-9-8-10-15(17)13(14)3/h1,8-10,16,18H,5-7,11-12H2,2-3H3. The zero-order valence-electron chi connectivity index (χ0n) is 11.3. The van der Waals surface area contributed by atoms with Gasteiger partial charge < -0.3 is 5.32 Å². The molecule has 0 radical (unpaired) electrons. The lowest BCUT2D eigenvalue weighted by molar-refractivity contribution is 0.485. The van der Waals surface area contributed by atoms with Crippen molar-refractivity contribution in [2.75, 3.05) is 6.54 Å². The first-order chi connectivity index (χ1) is 8.70. The Balaban J connectivity index is 2.80. The third-order valence-electron chi connectivity index (χ3n) is 3.14. The van der Waals surface area contributed by atoms with E-state index in [4.69, 9.17) is 6.42 Å². The average Bonchev–Trinajstić information content (AvgIpc) is 2.37. The van der Waals surface area contributed by atoms with E-state index >= 15 is 0 Å². The number of terminal acetylenes is 1. The SMILES string of the molecule is C#CCCCC(NCCC)c1cccc(Br)c1C. The van der Waals surface area contributed by atoms with Gasteiger partial charge in [-0.2, -0.15) is 0 Å². The molecular formula is C16H22BrN. The van der Waals surface area contributed by atoms with E-state index in [2.05, 4.69) is 59.2 Å². The molecule has 0 fully saturated rings. The van der Waals surface area contributed by atoms with E-state index in [1.54, 1.807) is 0 Å². The summed E-state index contributed by atoms with van der Waals surface area (Å²) in [6, 6.07) is 6.82. The third-order valence-corrected chi connectivity index (χ3v) is 4.00. The highest BCUT2D eigenvalue weighted by molar-refractivity contribution is 9.10. The summed E-state index contributed by atoms with van der Waals surface area (Å²) >= 11 is 3.60. The second-order valence-corrected chi connectivity index (χ2v) is 5.41. The molecular weight excluding hydrogens is 286 g/mol. The Morgan fingerprint density at radius 2 is 2.22 bits per heavy atom. The minimum Gasteiger partial charge on any atom is -0.310 e. The lowest BCUT2D eigenvalue weighted by Crippen LogP contribution is -2.23. The van der Waals surface area contributed by atoms with Crippen molar-refractivity contribution >= 4 is 15.9 Å². The van der Waals surface area contributed by atoms with E-state index < -0.39 is 0 Å². The van der Waals surface area contributed by atoms with Crippen LogP contribution in [0.3, 0.4) is 0 Å². The van der Waals surface area contributed by atoms with Gasteiger partial charge in [0.1, 0.15) is 0 Å². The molecule has 0 aromatic heterocycles. The molecule has 98 valence electrons. The van der Waals surface area contributed by atoms with E-state index in [0.717, 1.165) is 32.2 Å². The second-order valence-electron chi connectivity index (χ2n) is 4.56.